The summed E-state index contributed by atoms with van der Waals surface area (Å²) in [5.74, 6) is 0.554. The number of ketones is 1. The second-order valence-electron chi connectivity index (χ2n) is 7.13. The molecule has 1 fully saturated rings. The predicted molar refractivity (Wildman–Crippen MR) is 112 cm³/mol. The number of hydrogen-bond acceptors (Lipinski definition) is 5. The van der Waals surface area contributed by atoms with Gasteiger partial charge in [0, 0.05) is 40.5 Å². The van der Waals surface area contributed by atoms with E-state index in [1.54, 1.807) is 12.1 Å². The van der Waals surface area contributed by atoms with Crippen LogP contribution in [0.25, 0.3) is 0 Å². The van der Waals surface area contributed by atoms with Crippen LogP contribution in [-0.4, -0.2) is 41.9 Å². The lowest BCUT2D eigenvalue weighted by atomic mass is 10.2. The molecule has 0 spiro atoms. The molecule has 0 radical (unpaired) electrons. The summed E-state index contributed by atoms with van der Waals surface area (Å²) in [6.07, 6.45) is 0.599. The third-order valence-electron chi connectivity index (χ3n) is 4.90. The van der Waals surface area contributed by atoms with Crippen LogP contribution in [0.3, 0.4) is 0 Å². The molecule has 6 nitrogen and oxygen atoms in total. The Kier molecular flexibility index (Phi) is 6.00. The summed E-state index contributed by atoms with van der Waals surface area (Å²) in [4.78, 5) is 24.8. The van der Waals surface area contributed by atoms with Gasteiger partial charge in [0.05, 0.1) is 17.3 Å². The van der Waals surface area contributed by atoms with Crippen LogP contribution < -0.4 is 5.32 Å². The molecule has 2 heterocycles. The van der Waals surface area contributed by atoms with Gasteiger partial charge in [0.15, 0.2) is 15.6 Å². The van der Waals surface area contributed by atoms with Crippen LogP contribution in [0, 0.1) is 13.8 Å². The van der Waals surface area contributed by atoms with Crippen LogP contribution in [0.4, 0.5) is 5.69 Å². The topological polar surface area (TPSA) is 85.2 Å². The fourth-order valence-corrected chi connectivity index (χ4v) is 6.15. The maximum Gasteiger partial charge on any atom is 0.221 e. The van der Waals surface area contributed by atoms with Crippen molar-refractivity contribution in [1.29, 1.82) is 0 Å². The van der Waals surface area contributed by atoms with Crippen molar-refractivity contribution in [2.75, 3.05) is 22.6 Å². The largest absolute Gasteiger partial charge is 0.344 e. The molecular formula is C20H24N2O4S2. The molecule has 1 N–H and O–H groups in total. The monoisotopic (exact) mass is 420 g/mol. The summed E-state index contributed by atoms with van der Waals surface area (Å²) in [5, 5.41) is 2.71. The normalized spacial score (nSPS) is 18.2. The summed E-state index contributed by atoms with van der Waals surface area (Å²) in [6, 6.07) is 9.14. The first-order valence-electron chi connectivity index (χ1n) is 9.09. The van der Waals surface area contributed by atoms with E-state index in [-0.39, 0.29) is 29.2 Å². The molecule has 28 heavy (non-hydrogen) atoms. The second-order valence-corrected chi connectivity index (χ2v) is 10.4. The Morgan fingerprint density at radius 1 is 1.21 bits per heavy atom. The van der Waals surface area contributed by atoms with E-state index in [9.17, 15) is 18.0 Å². The molecule has 0 bridgehead atoms. The van der Waals surface area contributed by atoms with Gasteiger partial charge in [0.2, 0.25) is 5.91 Å². The number of hydrogen-bond donors (Lipinski definition) is 1. The number of nitrogens with zero attached hydrogens (tertiary/aromatic N) is 1. The number of thioether (sulfide) groups is 1. The van der Waals surface area contributed by atoms with Crippen molar-refractivity contribution in [2.24, 2.45) is 0 Å². The number of benzene rings is 1. The molecule has 1 amide bonds. The number of nitrogens with one attached hydrogen (secondary N) is 1. The van der Waals surface area contributed by atoms with E-state index in [1.165, 1.54) is 18.7 Å². The first kappa shape index (κ1) is 20.7. The molecular weight excluding hydrogens is 396 g/mol. The number of sulfone groups is 1. The number of anilines is 1. The maximum atomic E-state index is 12.7. The van der Waals surface area contributed by atoms with Crippen molar-refractivity contribution in [2.45, 2.75) is 38.1 Å². The molecule has 150 valence electrons. The van der Waals surface area contributed by atoms with Gasteiger partial charge >= 0.3 is 0 Å². The smallest absolute Gasteiger partial charge is 0.221 e. The third kappa shape index (κ3) is 4.67. The van der Waals surface area contributed by atoms with Crippen LogP contribution in [-0.2, 0) is 14.6 Å². The molecule has 1 atom stereocenters. The van der Waals surface area contributed by atoms with E-state index in [0.717, 1.165) is 22.0 Å². The Balaban J connectivity index is 1.68. The van der Waals surface area contributed by atoms with Gasteiger partial charge in [-0.1, -0.05) is 0 Å². The van der Waals surface area contributed by atoms with E-state index < -0.39 is 9.84 Å². The van der Waals surface area contributed by atoms with Gasteiger partial charge in [0.25, 0.3) is 0 Å². The van der Waals surface area contributed by atoms with Crippen LogP contribution in [0.2, 0.25) is 0 Å². The molecule has 1 aromatic carbocycles. The number of carbonyl (C=O) groups excluding carboxylic acids is 2. The van der Waals surface area contributed by atoms with Crippen molar-refractivity contribution in [3.63, 3.8) is 0 Å². The van der Waals surface area contributed by atoms with Crippen molar-refractivity contribution in [3.05, 3.63) is 47.3 Å². The van der Waals surface area contributed by atoms with Crippen molar-refractivity contribution >= 4 is 39.0 Å². The number of amides is 1. The number of carbonyl (C=O) groups is 2. The highest BCUT2D eigenvalue weighted by atomic mass is 32.2. The quantitative estimate of drug-likeness (QED) is 0.572. The van der Waals surface area contributed by atoms with E-state index in [2.05, 4.69) is 5.32 Å². The Morgan fingerprint density at radius 3 is 2.46 bits per heavy atom. The molecule has 3 rings (SSSR count). The van der Waals surface area contributed by atoms with Crippen molar-refractivity contribution < 1.29 is 18.0 Å². The van der Waals surface area contributed by atoms with Gasteiger partial charge in [-0.05, 0) is 50.6 Å². The molecule has 2 aromatic rings. The Morgan fingerprint density at radius 2 is 1.89 bits per heavy atom. The SMILES string of the molecule is CC(=O)Nc1ccc(SCC(=O)c2cc(C)n(C3CCS(=O)(=O)C3)c2C)cc1. The minimum Gasteiger partial charge on any atom is -0.344 e. The minimum absolute atomic E-state index is 0.0242. The van der Waals surface area contributed by atoms with Crippen molar-refractivity contribution in [3.8, 4) is 0 Å². The molecule has 8 heteroatoms. The lowest BCUT2D eigenvalue weighted by molar-refractivity contribution is -0.114. The van der Waals surface area contributed by atoms with Gasteiger partial charge < -0.3 is 9.88 Å². The Hall–Kier alpha value is -2.06. The molecule has 0 saturated carbocycles. The van der Waals surface area contributed by atoms with Crippen LogP contribution in [0.5, 0.6) is 0 Å². The van der Waals surface area contributed by atoms with Gasteiger partial charge in [0.1, 0.15) is 0 Å². The summed E-state index contributed by atoms with van der Waals surface area (Å²) in [6.45, 7) is 5.26. The molecule has 1 saturated heterocycles. The Labute approximate surface area is 169 Å². The van der Waals surface area contributed by atoms with Gasteiger partial charge in [-0.2, -0.15) is 0 Å². The molecule has 1 aromatic heterocycles. The highest BCUT2D eigenvalue weighted by molar-refractivity contribution is 8.00. The average Bonchev–Trinajstić information content (AvgIpc) is 3.11. The number of aryl methyl sites for hydroxylation is 1. The van der Waals surface area contributed by atoms with Gasteiger partial charge in [-0.3, -0.25) is 9.59 Å². The zero-order chi connectivity index (χ0) is 20.5. The molecule has 1 aliphatic heterocycles. The maximum absolute atomic E-state index is 12.7. The summed E-state index contributed by atoms with van der Waals surface area (Å²) in [5.41, 5.74) is 3.14. The Bertz CT molecular complexity index is 1010. The highest BCUT2D eigenvalue weighted by Gasteiger charge is 2.31. The fraction of sp³-hybridized carbons (Fsp3) is 0.400. The van der Waals surface area contributed by atoms with Crippen LogP contribution in [0.15, 0.2) is 35.2 Å². The van der Waals surface area contributed by atoms with Gasteiger partial charge in [-0.25, -0.2) is 8.42 Å². The number of rotatable bonds is 6. The second kappa shape index (κ2) is 8.13. The number of aromatic nitrogens is 1. The lowest BCUT2D eigenvalue weighted by Gasteiger charge is -2.16. The third-order valence-corrected chi connectivity index (χ3v) is 7.67. The molecule has 0 aliphatic carbocycles. The summed E-state index contributed by atoms with van der Waals surface area (Å²) >= 11 is 1.44. The van der Waals surface area contributed by atoms with Crippen LogP contribution >= 0.6 is 11.8 Å². The molecule has 1 unspecified atom stereocenters. The van der Waals surface area contributed by atoms with Gasteiger partial charge in [-0.15, -0.1) is 11.8 Å². The van der Waals surface area contributed by atoms with E-state index in [1.807, 2.05) is 36.6 Å². The van der Waals surface area contributed by atoms with E-state index in [4.69, 9.17) is 0 Å². The predicted octanol–water partition coefficient (Wildman–Crippen LogP) is 3.40. The zero-order valence-corrected chi connectivity index (χ0v) is 17.8. The zero-order valence-electron chi connectivity index (χ0n) is 16.2. The fourth-order valence-electron chi connectivity index (χ4n) is 3.66. The van der Waals surface area contributed by atoms with Crippen molar-refractivity contribution in [1.82, 2.24) is 4.57 Å². The standard InChI is InChI=1S/C20H24N2O4S2/c1-13-10-19(14(2)22(13)17-8-9-28(25,26)12-17)20(24)11-27-18-6-4-16(5-7-18)21-15(3)23/h4-7,10,17H,8-9,11-12H2,1-3H3,(H,21,23). The highest BCUT2D eigenvalue weighted by Crippen LogP contribution is 2.30. The summed E-state index contributed by atoms with van der Waals surface area (Å²) < 4.78 is 25.6. The van der Waals surface area contributed by atoms with Crippen LogP contribution in [0.1, 0.15) is 41.1 Å². The van der Waals surface area contributed by atoms with E-state index in [0.29, 0.717) is 17.7 Å². The summed E-state index contributed by atoms with van der Waals surface area (Å²) in [7, 11) is -2.98. The molecule has 1 aliphatic rings. The lowest BCUT2D eigenvalue weighted by Crippen LogP contribution is -2.14. The number of Topliss-reactive ketones (excluding diaryl/α,β-unsaturated/α-hetero) is 1. The average molecular weight is 421 g/mol. The van der Waals surface area contributed by atoms with E-state index >= 15 is 0 Å². The first-order valence-corrected chi connectivity index (χ1v) is 11.9. The minimum atomic E-state index is -2.98. The first-order chi connectivity index (χ1) is 13.2.